The van der Waals surface area contributed by atoms with Crippen LogP contribution in [0, 0.1) is 0 Å². The zero-order valence-electron chi connectivity index (χ0n) is 11.4. The van der Waals surface area contributed by atoms with Crippen molar-refractivity contribution in [2.75, 3.05) is 40.5 Å². The Balaban J connectivity index is 2.38. The highest BCUT2D eigenvalue weighted by Gasteiger charge is 2.28. The molecule has 0 spiro atoms. The van der Waals surface area contributed by atoms with Gasteiger partial charge in [0.1, 0.15) is 0 Å². The molecule has 0 radical (unpaired) electrons. The minimum atomic E-state index is -0.355. The minimum Gasteiger partial charge on any atom is -0.453 e. The molecule has 0 aliphatic carbocycles. The molecule has 6 heteroatoms. The standard InChI is InChI=1S/C12H25N3O3/c1-17-9-11(4-3-6-13)15-7-5-10(8-15)14-12(16)18-2/h10-11H,3-9,13H2,1-2H3,(H,14,16). The molecule has 0 aromatic rings. The number of hydrogen-bond acceptors (Lipinski definition) is 5. The number of carbonyl (C=O) groups excluding carboxylic acids is 1. The average Bonchev–Trinajstić information content (AvgIpc) is 2.82. The number of nitrogens with zero attached hydrogens (tertiary/aromatic N) is 1. The van der Waals surface area contributed by atoms with Gasteiger partial charge in [0.15, 0.2) is 0 Å². The Morgan fingerprint density at radius 1 is 1.56 bits per heavy atom. The molecule has 0 aromatic carbocycles. The molecule has 1 aliphatic rings. The summed E-state index contributed by atoms with van der Waals surface area (Å²) < 4.78 is 9.87. The van der Waals surface area contributed by atoms with Crippen LogP contribution in [0.3, 0.4) is 0 Å². The van der Waals surface area contributed by atoms with Gasteiger partial charge in [0.25, 0.3) is 0 Å². The van der Waals surface area contributed by atoms with Crippen molar-refractivity contribution < 1.29 is 14.3 Å². The van der Waals surface area contributed by atoms with Gasteiger partial charge in [-0.2, -0.15) is 0 Å². The molecule has 6 nitrogen and oxygen atoms in total. The number of alkyl carbamates (subject to hydrolysis) is 1. The van der Waals surface area contributed by atoms with E-state index >= 15 is 0 Å². The third-order valence-electron chi connectivity index (χ3n) is 3.34. The maximum Gasteiger partial charge on any atom is 0.407 e. The van der Waals surface area contributed by atoms with E-state index in [0.717, 1.165) is 32.4 Å². The number of ether oxygens (including phenoxy) is 2. The van der Waals surface area contributed by atoms with Gasteiger partial charge in [0.05, 0.1) is 13.7 Å². The smallest absolute Gasteiger partial charge is 0.407 e. The van der Waals surface area contributed by atoms with Crippen LogP contribution in [-0.4, -0.2) is 63.5 Å². The van der Waals surface area contributed by atoms with Crippen molar-refractivity contribution >= 4 is 6.09 Å². The summed E-state index contributed by atoms with van der Waals surface area (Å²) in [6, 6.07) is 0.567. The summed E-state index contributed by atoms with van der Waals surface area (Å²) in [5, 5.41) is 2.84. The first-order valence-corrected chi connectivity index (χ1v) is 6.48. The maximum atomic E-state index is 11.1. The van der Waals surface area contributed by atoms with E-state index in [0.29, 0.717) is 19.2 Å². The van der Waals surface area contributed by atoms with E-state index in [1.165, 1.54) is 7.11 Å². The number of methoxy groups -OCH3 is 2. The van der Waals surface area contributed by atoms with Crippen LogP contribution in [0.5, 0.6) is 0 Å². The monoisotopic (exact) mass is 259 g/mol. The van der Waals surface area contributed by atoms with Crippen LogP contribution in [0.2, 0.25) is 0 Å². The Morgan fingerprint density at radius 2 is 2.33 bits per heavy atom. The summed E-state index contributed by atoms with van der Waals surface area (Å²) in [5.74, 6) is 0. The van der Waals surface area contributed by atoms with Gasteiger partial charge in [-0.3, -0.25) is 4.90 Å². The predicted octanol–water partition coefficient (Wildman–Crippen LogP) is 0.171. The number of carbonyl (C=O) groups is 1. The summed E-state index contributed by atoms with van der Waals surface area (Å²) >= 11 is 0. The average molecular weight is 259 g/mol. The fraction of sp³-hybridized carbons (Fsp3) is 0.917. The Hall–Kier alpha value is -0.850. The van der Waals surface area contributed by atoms with Crippen LogP contribution in [0.4, 0.5) is 4.79 Å². The van der Waals surface area contributed by atoms with Crippen LogP contribution >= 0.6 is 0 Å². The molecule has 1 heterocycles. The largest absolute Gasteiger partial charge is 0.453 e. The number of nitrogens with two attached hydrogens (primary N) is 1. The first-order valence-electron chi connectivity index (χ1n) is 6.48. The number of likely N-dealkylation sites (tertiary alicyclic amines) is 1. The number of rotatable bonds is 7. The van der Waals surface area contributed by atoms with Gasteiger partial charge in [-0.05, 0) is 25.8 Å². The lowest BCUT2D eigenvalue weighted by molar-refractivity contribution is 0.0974. The van der Waals surface area contributed by atoms with Gasteiger partial charge < -0.3 is 20.5 Å². The first kappa shape index (κ1) is 15.2. The fourth-order valence-electron chi connectivity index (χ4n) is 2.38. The summed E-state index contributed by atoms with van der Waals surface area (Å²) in [5.41, 5.74) is 5.55. The van der Waals surface area contributed by atoms with Crippen molar-refractivity contribution in [1.29, 1.82) is 0 Å². The summed E-state index contributed by atoms with van der Waals surface area (Å²) in [4.78, 5) is 13.5. The van der Waals surface area contributed by atoms with Gasteiger partial charge in [-0.1, -0.05) is 0 Å². The highest BCUT2D eigenvalue weighted by molar-refractivity contribution is 5.67. The normalized spacial score (nSPS) is 21.8. The van der Waals surface area contributed by atoms with Crippen LogP contribution in [0.1, 0.15) is 19.3 Å². The predicted molar refractivity (Wildman–Crippen MR) is 69.5 cm³/mol. The Kier molecular flexibility index (Phi) is 7.00. The molecule has 3 N–H and O–H groups in total. The summed E-state index contributed by atoms with van der Waals surface area (Å²) in [7, 11) is 3.10. The molecule has 106 valence electrons. The third kappa shape index (κ3) is 4.80. The molecule has 1 amide bonds. The zero-order valence-corrected chi connectivity index (χ0v) is 11.4. The van der Waals surface area contributed by atoms with E-state index in [4.69, 9.17) is 10.5 Å². The van der Waals surface area contributed by atoms with E-state index < -0.39 is 0 Å². The molecule has 0 saturated carbocycles. The van der Waals surface area contributed by atoms with Crippen molar-refractivity contribution in [3.05, 3.63) is 0 Å². The molecule has 1 aliphatic heterocycles. The molecule has 1 saturated heterocycles. The van der Waals surface area contributed by atoms with Crippen molar-refractivity contribution in [1.82, 2.24) is 10.2 Å². The molecular weight excluding hydrogens is 234 g/mol. The van der Waals surface area contributed by atoms with Gasteiger partial charge in [0, 0.05) is 32.3 Å². The lowest BCUT2D eigenvalue weighted by atomic mass is 10.1. The van der Waals surface area contributed by atoms with Crippen LogP contribution in [0.15, 0.2) is 0 Å². The van der Waals surface area contributed by atoms with E-state index in [-0.39, 0.29) is 12.1 Å². The number of hydrogen-bond donors (Lipinski definition) is 2. The summed E-state index contributed by atoms with van der Waals surface area (Å²) in [6.45, 7) is 3.25. The van der Waals surface area contributed by atoms with Gasteiger partial charge in [-0.15, -0.1) is 0 Å². The van der Waals surface area contributed by atoms with Crippen molar-refractivity contribution in [2.24, 2.45) is 5.73 Å². The molecule has 1 fully saturated rings. The molecule has 0 bridgehead atoms. The van der Waals surface area contributed by atoms with Crippen molar-refractivity contribution in [3.8, 4) is 0 Å². The second-order valence-electron chi connectivity index (χ2n) is 4.66. The number of nitrogens with one attached hydrogen (secondary N) is 1. The number of amides is 1. The maximum absolute atomic E-state index is 11.1. The minimum absolute atomic E-state index is 0.176. The fourth-order valence-corrected chi connectivity index (χ4v) is 2.38. The summed E-state index contributed by atoms with van der Waals surface area (Å²) in [6.07, 6.45) is 2.64. The third-order valence-corrected chi connectivity index (χ3v) is 3.34. The lowest BCUT2D eigenvalue weighted by Crippen LogP contribution is -2.41. The Labute approximate surface area is 109 Å². The topological polar surface area (TPSA) is 76.8 Å². The second-order valence-corrected chi connectivity index (χ2v) is 4.66. The van der Waals surface area contributed by atoms with Gasteiger partial charge in [0.2, 0.25) is 0 Å². The van der Waals surface area contributed by atoms with E-state index in [9.17, 15) is 4.79 Å². The van der Waals surface area contributed by atoms with E-state index in [1.54, 1.807) is 7.11 Å². The lowest BCUT2D eigenvalue weighted by Gasteiger charge is -2.27. The quantitative estimate of drug-likeness (QED) is 0.681. The van der Waals surface area contributed by atoms with Crippen molar-refractivity contribution in [3.63, 3.8) is 0 Å². The van der Waals surface area contributed by atoms with Crippen molar-refractivity contribution in [2.45, 2.75) is 31.3 Å². The second kappa shape index (κ2) is 8.29. The molecule has 18 heavy (non-hydrogen) atoms. The molecule has 1 rings (SSSR count). The van der Waals surface area contributed by atoms with Gasteiger partial charge >= 0.3 is 6.09 Å². The Bertz CT molecular complexity index is 251. The molecular formula is C12H25N3O3. The van der Waals surface area contributed by atoms with Gasteiger partial charge in [-0.25, -0.2) is 4.79 Å². The molecule has 0 aromatic heterocycles. The first-order chi connectivity index (χ1) is 8.71. The Morgan fingerprint density at radius 3 is 2.94 bits per heavy atom. The van der Waals surface area contributed by atoms with Crippen LogP contribution in [0.25, 0.3) is 0 Å². The zero-order chi connectivity index (χ0) is 13.4. The SMILES string of the molecule is COCC(CCCN)N1CCC(NC(=O)OC)C1. The van der Waals surface area contributed by atoms with Crippen LogP contribution in [-0.2, 0) is 9.47 Å². The highest BCUT2D eigenvalue weighted by atomic mass is 16.5. The molecule has 2 unspecified atom stereocenters. The van der Waals surface area contributed by atoms with E-state index in [1.807, 2.05) is 0 Å². The highest BCUT2D eigenvalue weighted by Crippen LogP contribution is 2.16. The molecule has 2 atom stereocenters. The van der Waals surface area contributed by atoms with Crippen LogP contribution < -0.4 is 11.1 Å². The van der Waals surface area contributed by atoms with E-state index in [2.05, 4.69) is 15.0 Å².